The summed E-state index contributed by atoms with van der Waals surface area (Å²) in [5, 5.41) is 38.7. The zero-order valence-electron chi connectivity index (χ0n) is 69.9. The van der Waals surface area contributed by atoms with Crippen molar-refractivity contribution in [2.45, 2.75) is 206 Å². The van der Waals surface area contributed by atoms with Gasteiger partial charge in [0.15, 0.2) is 0 Å². The van der Waals surface area contributed by atoms with Gasteiger partial charge < -0.3 is 59.0 Å². The number of benzene rings is 5. The molecule has 4 unspecified atom stereocenters. The molecule has 644 valence electrons. The third kappa shape index (κ3) is 27.8. The average Bonchev–Trinajstić information content (AvgIpc) is 1.68. The van der Waals surface area contributed by atoms with Gasteiger partial charge in [0, 0.05) is 78.0 Å². The molecular formula is C94H128N4O19S. The second kappa shape index (κ2) is 46.0. The van der Waals surface area contributed by atoms with Crippen molar-refractivity contribution in [3.8, 4) is 23.0 Å². The average molecular weight is 1650 g/mol. The van der Waals surface area contributed by atoms with Crippen molar-refractivity contribution in [1.82, 2.24) is 19.6 Å². The van der Waals surface area contributed by atoms with Crippen molar-refractivity contribution < 1.29 is 90.3 Å². The molecule has 118 heavy (non-hydrogen) atoms. The molecule has 12 atom stereocenters. The van der Waals surface area contributed by atoms with Gasteiger partial charge in [-0.05, 0) is 227 Å². The van der Waals surface area contributed by atoms with E-state index in [9.17, 15) is 67.2 Å². The minimum atomic E-state index is -3.90. The Morgan fingerprint density at radius 2 is 0.678 bits per heavy atom. The number of carbonyl (C=O) groups is 8. The van der Waals surface area contributed by atoms with Crippen LogP contribution in [0.4, 0.5) is 0 Å². The molecule has 0 spiro atoms. The summed E-state index contributed by atoms with van der Waals surface area (Å²) in [6.45, 7) is 16.2. The number of ether oxygens (including phenoxy) is 4. The molecule has 4 aliphatic heterocycles. The number of carboxylic acids is 4. The zero-order valence-corrected chi connectivity index (χ0v) is 70.7. The van der Waals surface area contributed by atoms with Crippen LogP contribution in [0.2, 0.25) is 0 Å². The monoisotopic (exact) mass is 1650 g/mol. The van der Waals surface area contributed by atoms with E-state index in [0.29, 0.717) is 97.7 Å². The van der Waals surface area contributed by atoms with Crippen molar-refractivity contribution in [2.24, 2.45) is 71.0 Å². The zero-order chi connectivity index (χ0) is 84.1. The van der Waals surface area contributed by atoms with Crippen LogP contribution >= 0.6 is 0 Å². The van der Waals surface area contributed by atoms with Gasteiger partial charge >= 0.3 is 23.9 Å². The van der Waals surface area contributed by atoms with Gasteiger partial charge in [-0.2, -0.15) is 8.42 Å². The first-order valence-electron chi connectivity index (χ1n) is 43.8. The lowest BCUT2D eigenvalue weighted by Gasteiger charge is -2.22. The number of carboxylic acid groups (broad SMARTS) is 4. The minimum absolute atomic E-state index is 0.000278. The highest BCUT2D eigenvalue weighted by Gasteiger charge is 2.42. The molecule has 8 aliphatic rings. The highest BCUT2D eigenvalue weighted by atomic mass is 32.2. The van der Waals surface area contributed by atoms with Gasteiger partial charge in [0.05, 0.1) is 48.4 Å². The molecule has 13 rings (SSSR count). The Labute approximate surface area is 698 Å². The Balaban J connectivity index is 0.000000167. The summed E-state index contributed by atoms with van der Waals surface area (Å²) >= 11 is 0. The Morgan fingerprint density at radius 3 is 1.02 bits per heavy atom. The summed E-state index contributed by atoms with van der Waals surface area (Å²) in [5.41, 5.74) is 4.35. The lowest BCUT2D eigenvalue weighted by atomic mass is 9.82. The van der Waals surface area contributed by atoms with Crippen molar-refractivity contribution in [2.75, 3.05) is 85.4 Å². The fourth-order valence-electron chi connectivity index (χ4n) is 18.7. The molecule has 23 nitrogen and oxygen atoms in total. The fraction of sp³-hybridized carbons (Fsp3) is 0.596. The van der Waals surface area contributed by atoms with Crippen LogP contribution in [0.1, 0.15) is 196 Å². The molecule has 4 saturated carbocycles. The number of hydrogen-bond acceptors (Lipinski definition) is 15. The first kappa shape index (κ1) is 91.3. The van der Waals surface area contributed by atoms with Gasteiger partial charge in [-0.1, -0.05) is 144 Å². The molecule has 24 heteroatoms. The van der Waals surface area contributed by atoms with Gasteiger partial charge in [-0.25, -0.2) is 0 Å². The summed E-state index contributed by atoms with van der Waals surface area (Å²) in [4.78, 5) is 106. The Morgan fingerprint density at radius 1 is 0.356 bits per heavy atom. The normalized spacial score (nSPS) is 22.1. The number of rotatable bonds is 35. The van der Waals surface area contributed by atoms with Crippen LogP contribution in [0, 0.1) is 77.9 Å². The SMILES string of the molecule is CCCOc1ccc(CC(CC(=O)N2C[C@H]3CCCC[C@H]3C2)C(=O)O)cc1.CCCOc1ccc(CC(CC(=O)N2C[C@H]3CCCC[C@H]3C2)C(=O)O)cc1.CCCOc1cccc(CC(CC(=O)N2C[C@H]3CCCC[C@H]3C2)C(=O)O)c1.Cc1ccc(S(=O)(=O)OCCOc2ccccc2CC(CC(=O)N2C[C@H]3CCCC[C@H]3C2)C(=O)O)cc1. The van der Waals surface area contributed by atoms with E-state index in [2.05, 4.69) is 13.8 Å². The fourth-order valence-corrected chi connectivity index (χ4v) is 19.5. The van der Waals surface area contributed by atoms with Gasteiger partial charge in [-0.15, -0.1) is 0 Å². The van der Waals surface area contributed by atoms with Crippen LogP contribution in [-0.2, 0) is 78.3 Å². The van der Waals surface area contributed by atoms with E-state index in [4.69, 9.17) is 23.1 Å². The van der Waals surface area contributed by atoms with E-state index >= 15 is 0 Å². The number of aliphatic carboxylic acids is 4. The summed E-state index contributed by atoms with van der Waals surface area (Å²) in [6.07, 6.45) is 23.8. The van der Waals surface area contributed by atoms with Crippen LogP contribution in [0.25, 0.3) is 0 Å². The quantitative estimate of drug-likeness (QED) is 0.0216. The van der Waals surface area contributed by atoms with Crippen LogP contribution in [0.15, 0.2) is 126 Å². The highest BCUT2D eigenvalue weighted by Crippen LogP contribution is 2.41. The third-order valence-electron chi connectivity index (χ3n) is 25.3. The molecule has 5 aromatic rings. The lowest BCUT2D eigenvalue weighted by molar-refractivity contribution is -0.146. The first-order chi connectivity index (χ1) is 56.9. The van der Waals surface area contributed by atoms with E-state index in [1.807, 2.05) is 106 Å². The van der Waals surface area contributed by atoms with Crippen LogP contribution in [-0.4, -0.2) is 181 Å². The standard InChI is InChI=1S/C28H35NO7S.3C22H31NO4/c1-20-10-12-25(13-11-20)37(33,34)36-15-14-35-26-9-5-4-6-21(26)16-24(28(31)32)17-27(30)29-18-22-7-2-3-8-23(22)19-29;1-2-10-27-20-9-5-6-16(12-20)11-19(22(25)26)13-21(24)23-14-17-7-3-4-8-18(17)15-23;2*1-2-11-27-20-9-7-16(8-10-20)12-19(22(25)26)13-21(24)23-14-17-5-3-4-6-18(17)15-23/h4-6,9-13,22-24H,2-3,7-8,14-19H2,1H3,(H,31,32);5-6,9,12,17-19H,2-4,7-8,10-11,13-15H2,1H3,(H,25,26);2*7-10,17-19H,2-6,11-15H2,1H3,(H,25,26)/t22-,23+,24?;3*17-,18+,19?. The minimum Gasteiger partial charge on any atom is -0.494 e. The Hall–Kier alpha value is -9.03. The molecule has 0 bridgehead atoms. The van der Waals surface area contributed by atoms with Crippen LogP contribution < -0.4 is 18.9 Å². The van der Waals surface area contributed by atoms with E-state index in [0.717, 1.165) is 124 Å². The maximum absolute atomic E-state index is 13.0. The van der Waals surface area contributed by atoms with Crippen molar-refractivity contribution in [3.63, 3.8) is 0 Å². The topological polar surface area (TPSA) is 311 Å². The summed E-state index contributed by atoms with van der Waals surface area (Å²) in [6, 6.07) is 36.0. The Bertz CT molecular complexity index is 4010. The maximum atomic E-state index is 13.0. The second-order valence-corrected chi connectivity index (χ2v) is 35.8. The van der Waals surface area contributed by atoms with Crippen molar-refractivity contribution >= 4 is 57.6 Å². The summed E-state index contributed by atoms with van der Waals surface area (Å²) in [7, 11) is -3.90. The number of aryl methyl sites for hydroxylation is 1. The molecular weight excluding hydrogens is 1520 g/mol. The molecule has 4 amide bonds. The number of para-hydroxylation sites is 1. The summed E-state index contributed by atoms with van der Waals surface area (Å²) in [5.74, 6) is 0.895. The predicted molar refractivity (Wildman–Crippen MR) is 449 cm³/mol. The number of hydrogen-bond donors (Lipinski definition) is 4. The molecule has 4 saturated heterocycles. The number of carbonyl (C=O) groups excluding carboxylic acids is 4. The third-order valence-corrected chi connectivity index (χ3v) is 26.7. The predicted octanol–water partition coefficient (Wildman–Crippen LogP) is 15.3. The van der Waals surface area contributed by atoms with Crippen LogP contribution in [0.3, 0.4) is 0 Å². The van der Waals surface area contributed by atoms with Gasteiger partial charge in [0.1, 0.15) is 36.2 Å². The van der Waals surface area contributed by atoms with Gasteiger partial charge in [0.2, 0.25) is 23.6 Å². The molecule has 4 aliphatic carbocycles. The molecule has 8 fully saturated rings. The van der Waals surface area contributed by atoms with Gasteiger partial charge in [-0.3, -0.25) is 42.5 Å². The van der Waals surface area contributed by atoms with E-state index < -0.39 is 57.7 Å². The van der Waals surface area contributed by atoms with Crippen molar-refractivity contribution in [3.05, 3.63) is 149 Å². The Kier molecular flexibility index (Phi) is 35.5. The number of nitrogens with zero attached hydrogens (tertiary/aromatic N) is 4. The molecule has 4 heterocycles. The molecule has 0 radical (unpaired) electrons. The van der Waals surface area contributed by atoms with E-state index in [1.54, 1.807) is 36.4 Å². The van der Waals surface area contributed by atoms with Crippen molar-refractivity contribution in [1.29, 1.82) is 0 Å². The molecule has 5 aromatic carbocycles. The van der Waals surface area contributed by atoms with Crippen LogP contribution in [0.5, 0.6) is 23.0 Å². The first-order valence-corrected chi connectivity index (χ1v) is 45.2. The second-order valence-electron chi connectivity index (χ2n) is 34.2. The largest absolute Gasteiger partial charge is 0.494 e. The maximum Gasteiger partial charge on any atom is 0.307 e. The lowest BCUT2D eigenvalue weighted by Crippen LogP contribution is -2.33. The molecule has 4 N–H and O–H groups in total. The summed E-state index contributed by atoms with van der Waals surface area (Å²) < 4.78 is 52.3. The highest BCUT2D eigenvalue weighted by molar-refractivity contribution is 7.86. The van der Waals surface area contributed by atoms with Gasteiger partial charge in [0.25, 0.3) is 10.1 Å². The number of fused-ring (bicyclic) bond motifs is 4. The van der Waals surface area contributed by atoms with E-state index in [1.165, 1.54) is 102 Å². The van der Waals surface area contributed by atoms with E-state index in [-0.39, 0.29) is 73.8 Å². The number of amides is 4. The number of likely N-dealkylation sites (tertiary alicyclic amines) is 4. The molecule has 0 aromatic heterocycles. The smallest absolute Gasteiger partial charge is 0.307 e.